The minimum Gasteiger partial charge on any atom is -0.353 e. The summed E-state index contributed by atoms with van der Waals surface area (Å²) in [7, 11) is 0. The average molecular weight is 278 g/mol. The number of hydrogen-bond acceptors (Lipinski definition) is 1. The molecule has 0 fully saturated rings. The van der Waals surface area contributed by atoms with Gasteiger partial charge in [0.1, 0.15) is 0 Å². The molecular formula is C16H20ClNO. The summed E-state index contributed by atoms with van der Waals surface area (Å²) in [6, 6.07) is 7.94. The topological polar surface area (TPSA) is 29.1 Å². The van der Waals surface area contributed by atoms with E-state index in [0.717, 1.165) is 30.7 Å². The van der Waals surface area contributed by atoms with Crippen LogP contribution in [0.1, 0.15) is 31.7 Å². The minimum absolute atomic E-state index is 0.151. The molecule has 1 aliphatic carbocycles. The van der Waals surface area contributed by atoms with E-state index in [1.807, 2.05) is 31.2 Å². The Hall–Kier alpha value is -1.28. The molecule has 0 unspecified atom stereocenters. The molecule has 102 valence electrons. The first-order valence-corrected chi connectivity index (χ1v) is 7.23. The molecule has 1 N–H and O–H groups in total. The number of benzene rings is 1. The smallest absolute Gasteiger partial charge is 0.223 e. The van der Waals surface area contributed by atoms with E-state index in [4.69, 9.17) is 11.6 Å². The van der Waals surface area contributed by atoms with Crippen LogP contribution in [0.5, 0.6) is 0 Å². The molecule has 0 radical (unpaired) electrons. The summed E-state index contributed by atoms with van der Waals surface area (Å²) in [4.78, 5) is 12.1. The van der Waals surface area contributed by atoms with Crippen LogP contribution in [0, 0.1) is 5.92 Å². The van der Waals surface area contributed by atoms with Gasteiger partial charge in [0.05, 0.1) is 0 Å². The molecule has 1 aliphatic rings. The molecule has 2 atom stereocenters. The van der Waals surface area contributed by atoms with Gasteiger partial charge < -0.3 is 5.32 Å². The van der Waals surface area contributed by atoms with Gasteiger partial charge in [0.2, 0.25) is 5.91 Å². The van der Waals surface area contributed by atoms with Crippen molar-refractivity contribution < 1.29 is 4.79 Å². The lowest BCUT2D eigenvalue weighted by Crippen LogP contribution is -2.38. The zero-order valence-electron chi connectivity index (χ0n) is 11.2. The van der Waals surface area contributed by atoms with Crippen molar-refractivity contribution in [3.05, 3.63) is 47.0 Å². The third-order valence-electron chi connectivity index (χ3n) is 3.48. The van der Waals surface area contributed by atoms with Gasteiger partial charge in [-0.15, -0.1) is 0 Å². The predicted molar refractivity (Wildman–Crippen MR) is 79.2 cm³/mol. The molecule has 0 aliphatic heterocycles. The molecular weight excluding hydrogens is 258 g/mol. The van der Waals surface area contributed by atoms with Crippen LogP contribution >= 0.6 is 11.6 Å². The molecule has 1 aromatic rings. The van der Waals surface area contributed by atoms with E-state index >= 15 is 0 Å². The first-order chi connectivity index (χ1) is 9.15. The summed E-state index contributed by atoms with van der Waals surface area (Å²) >= 11 is 5.86. The first-order valence-electron chi connectivity index (χ1n) is 6.85. The summed E-state index contributed by atoms with van der Waals surface area (Å²) in [6.07, 6.45) is 7.96. The second kappa shape index (κ2) is 6.76. The second-order valence-corrected chi connectivity index (χ2v) is 5.66. The maximum absolute atomic E-state index is 12.1. The van der Waals surface area contributed by atoms with E-state index in [2.05, 4.69) is 17.5 Å². The van der Waals surface area contributed by atoms with E-state index in [1.165, 1.54) is 5.56 Å². The maximum Gasteiger partial charge on any atom is 0.223 e. The molecule has 0 saturated carbocycles. The predicted octanol–water partition coefficient (Wildman–Crippen LogP) is 3.74. The monoisotopic (exact) mass is 277 g/mol. The van der Waals surface area contributed by atoms with Crippen LogP contribution in [0.25, 0.3) is 0 Å². The molecule has 0 spiro atoms. The Balaban J connectivity index is 1.83. The Labute approximate surface area is 119 Å². The largest absolute Gasteiger partial charge is 0.353 e. The fraction of sp³-hybridized carbons (Fsp3) is 0.438. The van der Waals surface area contributed by atoms with E-state index in [9.17, 15) is 4.79 Å². The Bertz CT molecular complexity index is 452. The van der Waals surface area contributed by atoms with Crippen LogP contribution in [0.3, 0.4) is 0 Å². The van der Waals surface area contributed by atoms with Gasteiger partial charge >= 0.3 is 0 Å². The van der Waals surface area contributed by atoms with Crippen LogP contribution in [0.4, 0.5) is 0 Å². The molecule has 2 nitrogen and oxygen atoms in total. The molecule has 1 aromatic carbocycles. The van der Waals surface area contributed by atoms with Gasteiger partial charge in [0.15, 0.2) is 0 Å². The highest BCUT2D eigenvalue weighted by atomic mass is 35.5. The molecule has 0 aromatic heterocycles. The molecule has 1 amide bonds. The van der Waals surface area contributed by atoms with E-state index in [-0.39, 0.29) is 17.9 Å². The number of carbonyl (C=O) groups excluding carboxylic acids is 1. The number of nitrogens with one attached hydrogen (secondary N) is 1. The first kappa shape index (κ1) is 14.1. The molecule has 0 saturated heterocycles. The maximum atomic E-state index is 12.1. The van der Waals surface area contributed by atoms with Gasteiger partial charge in [-0.1, -0.05) is 35.9 Å². The lowest BCUT2D eigenvalue weighted by Gasteiger charge is -2.21. The van der Waals surface area contributed by atoms with E-state index < -0.39 is 0 Å². The lowest BCUT2D eigenvalue weighted by molar-refractivity contribution is -0.125. The summed E-state index contributed by atoms with van der Waals surface area (Å²) < 4.78 is 0. The third-order valence-corrected chi connectivity index (χ3v) is 3.74. The summed E-state index contributed by atoms with van der Waals surface area (Å²) in [5.74, 6) is 0.337. The third kappa shape index (κ3) is 4.39. The molecule has 19 heavy (non-hydrogen) atoms. The number of carbonyl (C=O) groups is 1. The van der Waals surface area contributed by atoms with Crippen molar-refractivity contribution in [3.63, 3.8) is 0 Å². The Morgan fingerprint density at radius 2 is 2.11 bits per heavy atom. The average Bonchev–Trinajstić information content (AvgIpc) is 2.42. The highest BCUT2D eigenvalue weighted by Gasteiger charge is 2.19. The van der Waals surface area contributed by atoms with Gasteiger partial charge in [0, 0.05) is 17.0 Å². The Kier molecular flexibility index (Phi) is 5.03. The second-order valence-electron chi connectivity index (χ2n) is 5.22. The summed E-state index contributed by atoms with van der Waals surface area (Å²) in [6.45, 7) is 2.05. The highest BCUT2D eigenvalue weighted by molar-refractivity contribution is 6.30. The molecule has 3 heteroatoms. The zero-order chi connectivity index (χ0) is 13.7. The van der Waals surface area contributed by atoms with Crippen LogP contribution in [-0.4, -0.2) is 11.9 Å². The molecule has 0 bridgehead atoms. The van der Waals surface area contributed by atoms with Crippen LogP contribution in [0.15, 0.2) is 36.4 Å². The fourth-order valence-electron chi connectivity index (χ4n) is 2.42. The minimum atomic E-state index is 0.151. The van der Waals surface area contributed by atoms with Crippen LogP contribution in [0.2, 0.25) is 5.02 Å². The fourth-order valence-corrected chi connectivity index (χ4v) is 2.54. The molecule has 2 rings (SSSR count). The Morgan fingerprint density at radius 1 is 1.37 bits per heavy atom. The SMILES string of the molecule is C[C@H](Cc1ccc(Cl)cc1)NC(=O)[C@H]1CC=CCC1. The van der Waals surface area contributed by atoms with Crippen molar-refractivity contribution >= 4 is 17.5 Å². The Morgan fingerprint density at radius 3 is 2.74 bits per heavy atom. The number of halogens is 1. The summed E-state index contributed by atoms with van der Waals surface area (Å²) in [5, 5.41) is 3.85. The number of allylic oxidation sites excluding steroid dienone is 2. The molecule has 0 heterocycles. The highest BCUT2D eigenvalue weighted by Crippen LogP contribution is 2.18. The van der Waals surface area contributed by atoms with Gasteiger partial charge in [-0.3, -0.25) is 4.79 Å². The van der Waals surface area contributed by atoms with E-state index in [1.54, 1.807) is 0 Å². The van der Waals surface area contributed by atoms with Crippen molar-refractivity contribution in [3.8, 4) is 0 Å². The van der Waals surface area contributed by atoms with E-state index in [0.29, 0.717) is 0 Å². The van der Waals surface area contributed by atoms with Gasteiger partial charge in [0.25, 0.3) is 0 Å². The number of hydrogen-bond donors (Lipinski definition) is 1. The van der Waals surface area contributed by atoms with Crippen LogP contribution < -0.4 is 5.32 Å². The quantitative estimate of drug-likeness (QED) is 0.835. The standard InChI is InChI=1S/C16H20ClNO/c1-12(11-13-7-9-15(17)10-8-13)18-16(19)14-5-3-2-4-6-14/h2-3,7-10,12,14H,4-6,11H2,1H3,(H,18,19)/t12-,14+/m1/s1. The number of amides is 1. The van der Waals surface area contributed by atoms with Crippen LogP contribution in [-0.2, 0) is 11.2 Å². The zero-order valence-corrected chi connectivity index (χ0v) is 12.0. The van der Waals surface area contributed by atoms with Crippen molar-refractivity contribution in [1.29, 1.82) is 0 Å². The number of rotatable bonds is 4. The van der Waals surface area contributed by atoms with Gasteiger partial charge in [-0.25, -0.2) is 0 Å². The van der Waals surface area contributed by atoms with Gasteiger partial charge in [-0.2, -0.15) is 0 Å². The summed E-state index contributed by atoms with van der Waals surface area (Å²) in [5.41, 5.74) is 1.20. The van der Waals surface area contributed by atoms with Crippen molar-refractivity contribution in [1.82, 2.24) is 5.32 Å². The normalized spacial score (nSPS) is 20.0. The van der Waals surface area contributed by atoms with Crippen molar-refractivity contribution in [2.75, 3.05) is 0 Å². The van der Waals surface area contributed by atoms with Gasteiger partial charge in [-0.05, 0) is 50.3 Å². The van der Waals surface area contributed by atoms with Crippen molar-refractivity contribution in [2.24, 2.45) is 5.92 Å². The van der Waals surface area contributed by atoms with Crippen molar-refractivity contribution in [2.45, 2.75) is 38.6 Å². The lowest BCUT2D eigenvalue weighted by atomic mass is 9.93.